The fourth-order valence-corrected chi connectivity index (χ4v) is 7.60. The number of benzene rings is 9. The molecule has 0 heterocycles. The van der Waals surface area contributed by atoms with Crippen molar-refractivity contribution in [1.29, 1.82) is 0 Å². The van der Waals surface area contributed by atoms with Crippen molar-refractivity contribution in [1.82, 2.24) is 0 Å². The molecule has 0 atom stereocenters. The van der Waals surface area contributed by atoms with E-state index in [0.29, 0.717) is 0 Å². The third kappa shape index (κ3) is 5.28. The quantitative estimate of drug-likeness (QED) is 0.160. The van der Waals surface area contributed by atoms with Crippen molar-refractivity contribution in [2.24, 2.45) is 0 Å². The van der Waals surface area contributed by atoms with Crippen molar-refractivity contribution >= 4 is 21.5 Å². The zero-order valence-corrected chi connectivity index (χ0v) is 27.6. The smallest absolute Gasteiger partial charge is 0.00199 e. The van der Waals surface area contributed by atoms with Gasteiger partial charge in [-0.3, -0.25) is 0 Å². The molecule has 0 nitrogen and oxygen atoms in total. The first-order chi connectivity index (χ1) is 24.8. The average Bonchev–Trinajstić information content (AvgIpc) is 3.21. The van der Waals surface area contributed by atoms with Crippen LogP contribution in [0, 0.1) is 0 Å². The molecule has 9 rings (SSSR count). The second kappa shape index (κ2) is 12.8. The highest BCUT2D eigenvalue weighted by Crippen LogP contribution is 2.48. The van der Waals surface area contributed by atoms with Gasteiger partial charge >= 0.3 is 0 Å². The fourth-order valence-electron chi connectivity index (χ4n) is 7.60. The van der Waals surface area contributed by atoms with Gasteiger partial charge in [-0.15, -0.1) is 0 Å². The Morgan fingerprint density at radius 3 is 1.12 bits per heavy atom. The highest BCUT2D eigenvalue weighted by atomic mass is 14.2. The van der Waals surface area contributed by atoms with Gasteiger partial charge in [0.2, 0.25) is 0 Å². The van der Waals surface area contributed by atoms with Crippen LogP contribution in [0.1, 0.15) is 0 Å². The molecule has 9 aromatic rings. The summed E-state index contributed by atoms with van der Waals surface area (Å²) in [6.45, 7) is 0. The first-order valence-corrected chi connectivity index (χ1v) is 17.3. The lowest BCUT2D eigenvalue weighted by atomic mass is 9.81. The molecule has 0 aliphatic rings. The van der Waals surface area contributed by atoms with E-state index in [9.17, 15) is 0 Å². The number of rotatable bonds is 6. The molecule has 9 aromatic carbocycles. The van der Waals surface area contributed by atoms with Crippen LogP contribution in [-0.2, 0) is 0 Å². The maximum Gasteiger partial charge on any atom is -0.00199 e. The maximum atomic E-state index is 2.33. The molecule has 0 N–H and O–H groups in total. The molecular weight excluding hydrogens is 601 g/mol. The molecule has 0 spiro atoms. The van der Waals surface area contributed by atoms with Gasteiger partial charge in [0.1, 0.15) is 0 Å². The summed E-state index contributed by atoms with van der Waals surface area (Å²) < 4.78 is 0. The van der Waals surface area contributed by atoms with Gasteiger partial charge in [0, 0.05) is 0 Å². The van der Waals surface area contributed by atoms with Crippen LogP contribution in [0.15, 0.2) is 206 Å². The first kappa shape index (κ1) is 29.6. The van der Waals surface area contributed by atoms with Gasteiger partial charge in [0.05, 0.1) is 0 Å². The lowest BCUT2D eigenvalue weighted by Gasteiger charge is -2.22. The Hall–Kier alpha value is -6.50. The largest absolute Gasteiger partial charge is 0.0622 e. The molecule has 234 valence electrons. The van der Waals surface area contributed by atoms with Crippen LogP contribution in [0.4, 0.5) is 0 Å². The van der Waals surface area contributed by atoms with Gasteiger partial charge in [-0.1, -0.05) is 200 Å². The Labute approximate surface area is 293 Å². The maximum absolute atomic E-state index is 2.33. The molecule has 0 aromatic heterocycles. The Morgan fingerprint density at radius 1 is 0.180 bits per heavy atom. The topological polar surface area (TPSA) is 0 Å². The highest BCUT2D eigenvalue weighted by Gasteiger charge is 2.21. The Balaban J connectivity index is 1.31. The normalized spacial score (nSPS) is 11.2. The second-order valence-electron chi connectivity index (χ2n) is 12.8. The minimum Gasteiger partial charge on any atom is -0.0622 e. The van der Waals surface area contributed by atoms with Crippen LogP contribution in [0.25, 0.3) is 88.3 Å². The van der Waals surface area contributed by atoms with Crippen molar-refractivity contribution in [3.63, 3.8) is 0 Å². The number of hydrogen-bond donors (Lipinski definition) is 0. The van der Waals surface area contributed by atoms with Gasteiger partial charge < -0.3 is 0 Å². The average molecular weight is 635 g/mol. The summed E-state index contributed by atoms with van der Waals surface area (Å²) in [6, 6.07) is 74.9. The second-order valence-corrected chi connectivity index (χ2v) is 12.8. The molecule has 0 saturated carbocycles. The molecule has 50 heavy (non-hydrogen) atoms. The van der Waals surface area contributed by atoms with Crippen LogP contribution in [0.3, 0.4) is 0 Å². The van der Waals surface area contributed by atoms with Gasteiger partial charge in [-0.05, 0) is 94.4 Å². The van der Waals surface area contributed by atoms with Crippen LogP contribution in [-0.4, -0.2) is 0 Å². The molecule has 0 heteroatoms. The standard InChI is InChI=1S/C50H34/c1-4-16-35(17-5-1)37-30-32-39(33-31-37)49-43-24-10-12-26-45(43)50(46-27-13-11-25-44(46)49)47-29-15-28-42(48(47)38-20-8-3-9-21-38)41-23-14-22-40(34-41)36-18-6-2-7-19-36/h1-34H. The number of fused-ring (bicyclic) bond motifs is 2. The van der Waals surface area contributed by atoms with Crippen molar-refractivity contribution in [2.75, 3.05) is 0 Å². The Morgan fingerprint density at radius 2 is 0.540 bits per heavy atom. The van der Waals surface area contributed by atoms with Gasteiger partial charge in [-0.2, -0.15) is 0 Å². The Bertz CT molecular complexity index is 2540. The van der Waals surface area contributed by atoms with E-state index in [0.717, 1.165) is 0 Å². The summed E-state index contributed by atoms with van der Waals surface area (Å²) in [7, 11) is 0. The number of hydrogen-bond acceptors (Lipinski definition) is 0. The van der Waals surface area contributed by atoms with Crippen LogP contribution >= 0.6 is 0 Å². The van der Waals surface area contributed by atoms with Crippen LogP contribution in [0.2, 0.25) is 0 Å². The lowest BCUT2D eigenvalue weighted by molar-refractivity contribution is 1.56. The zero-order chi connectivity index (χ0) is 33.3. The molecule has 0 radical (unpaired) electrons. The summed E-state index contributed by atoms with van der Waals surface area (Å²) in [5.41, 5.74) is 14.7. The van der Waals surface area contributed by atoms with E-state index in [2.05, 4.69) is 206 Å². The SMILES string of the molecule is c1ccc(-c2ccc(-c3c4ccccc4c(-c4cccc(-c5cccc(-c6ccccc6)c5)c4-c4ccccc4)c4ccccc34)cc2)cc1. The van der Waals surface area contributed by atoms with Gasteiger partial charge in [0.25, 0.3) is 0 Å². The third-order valence-electron chi connectivity index (χ3n) is 9.89. The van der Waals surface area contributed by atoms with Crippen LogP contribution in [0.5, 0.6) is 0 Å². The molecule has 0 unspecified atom stereocenters. The molecule has 0 saturated heterocycles. The van der Waals surface area contributed by atoms with E-state index in [1.54, 1.807) is 0 Å². The Kier molecular flexibility index (Phi) is 7.61. The van der Waals surface area contributed by atoms with E-state index in [1.807, 2.05) is 0 Å². The lowest BCUT2D eigenvalue weighted by Crippen LogP contribution is -1.95. The van der Waals surface area contributed by atoms with Crippen molar-refractivity contribution < 1.29 is 0 Å². The molecule has 0 aliphatic heterocycles. The minimum absolute atomic E-state index is 1.20. The minimum atomic E-state index is 1.20. The van der Waals surface area contributed by atoms with Gasteiger partial charge in [-0.25, -0.2) is 0 Å². The van der Waals surface area contributed by atoms with Crippen molar-refractivity contribution in [3.05, 3.63) is 206 Å². The third-order valence-corrected chi connectivity index (χ3v) is 9.89. The van der Waals surface area contributed by atoms with Gasteiger partial charge in [0.15, 0.2) is 0 Å². The molecule has 0 bridgehead atoms. The van der Waals surface area contributed by atoms with Crippen molar-refractivity contribution in [3.8, 4) is 66.8 Å². The van der Waals surface area contributed by atoms with E-state index in [1.165, 1.54) is 88.3 Å². The van der Waals surface area contributed by atoms with Crippen LogP contribution < -0.4 is 0 Å². The van der Waals surface area contributed by atoms with E-state index in [4.69, 9.17) is 0 Å². The predicted molar refractivity (Wildman–Crippen MR) is 214 cm³/mol. The van der Waals surface area contributed by atoms with E-state index in [-0.39, 0.29) is 0 Å². The zero-order valence-electron chi connectivity index (χ0n) is 27.6. The summed E-state index contributed by atoms with van der Waals surface area (Å²) in [6.07, 6.45) is 0. The summed E-state index contributed by atoms with van der Waals surface area (Å²) in [4.78, 5) is 0. The monoisotopic (exact) mass is 634 g/mol. The van der Waals surface area contributed by atoms with E-state index < -0.39 is 0 Å². The molecule has 0 fully saturated rings. The molecular formula is C50H34. The molecule has 0 aliphatic carbocycles. The molecule has 0 amide bonds. The highest BCUT2D eigenvalue weighted by molar-refractivity contribution is 6.23. The fraction of sp³-hybridized carbons (Fsp3) is 0. The van der Waals surface area contributed by atoms with Crippen molar-refractivity contribution in [2.45, 2.75) is 0 Å². The summed E-state index contributed by atoms with van der Waals surface area (Å²) in [5, 5.41) is 5.01. The van der Waals surface area contributed by atoms with E-state index >= 15 is 0 Å². The first-order valence-electron chi connectivity index (χ1n) is 17.3. The predicted octanol–water partition coefficient (Wildman–Crippen LogP) is 14.0. The summed E-state index contributed by atoms with van der Waals surface area (Å²) in [5.74, 6) is 0. The summed E-state index contributed by atoms with van der Waals surface area (Å²) >= 11 is 0.